The Morgan fingerprint density at radius 2 is 1.59 bits per heavy atom. The number of halogens is 1. The van der Waals surface area contributed by atoms with Crippen molar-refractivity contribution in [2.24, 2.45) is 4.99 Å². The largest absolute Gasteiger partial charge is 0.493 e. The Morgan fingerprint density at radius 3 is 2.21 bits per heavy atom. The smallest absolute Gasteiger partial charge is 0.343 e. The van der Waals surface area contributed by atoms with E-state index in [4.69, 9.17) is 21.1 Å². The first-order valence-corrected chi connectivity index (χ1v) is 9.53. The van der Waals surface area contributed by atoms with Gasteiger partial charge in [-0.05, 0) is 79.9 Å². The van der Waals surface area contributed by atoms with Gasteiger partial charge in [-0.15, -0.1) is 0 Å². The lowest BCUT2D eigenvalue weighted by atomic mass is 10.1. The summed E-state index contributed by atoms with van der Waals surface area (Å²) in [6.45, 7) is 6.17. The Labute approximate surface area is 175 Å². The second-order valence-electron chi connectivity index (χ2n) is 6.81. The SMILES string of the molecule is COc1cc(C=Nc2c(C)cc(C)cc2C)ccc1OC(=O)c1ccc(Cl)cc1. The molecule has 3 aromatic carbocycles. The molecule has 0 aromatic heterocycles. The summed E-state index contributed by atoms with van der Waals surface area (Å²) in [7, 11) is 1.53. The van der Waals surface area contributed by atoms with Crippen molar-refractivity contribution >= 4 is 29.5 Å². The van der Waals surface area contributed by atoms with Crippen LogP contribution in [0.25, 0.3) is 0 Å². The van der Waals surface area contributed by atoms with E-state index in [0.717, 1.165) is 22.4 Å². The number of esters is 1. The maximum absolute atomic E-state index is 12.3. The molecule has 3 rings (SSSR count). The predicted octanol–water partition coefficient (Wildman–Crippen LogP) is 6.24. The van der Waals surface area contributed by atoms with Crippen molar-refractivity contribution in [3.63, 3.8) is 0 Å². The second kappa shape index (κ2) is 8.93. The molecule has 0 aliphatic rings. The van der Waals surface area contributed by atoms with Crippen LogP contribution < -0.4 is 9.47 Å². The molecule has 0 N–H and O–H groups in total. The van der Waals surface area contributed by atoms with Gasteiger partial charge in [0.25, 0.3) is 0 Å². The first kappa shape index (κ1) is 20.6. The first-order valence-electron chi connectivity index (χ1n) is 9.15. The molecule has 0 radical (unpaired) electrons. The van der Waals surface area contributed by atoms with E-state index < -0.39 is 5.97 Å². The molecule has 0 spiro atoms. The number of carbonyl (C=O) groups excluding carboxylic acids is 1. The molecule has 0 unspecified atom stereocenters. The van der Waals surface area contributed by atoms with Crippen LogP contribution in [0, 0.1) is 20.8 Å². The highest BCUT2D eigenvalue weighted by Crippen LogP contribution is 2.29. The van der Waals surface area contributed by atoms with Crippen molar-refractivity contribution in [2.45, 2.75) is 20.8 Å². The molecule has 148 valence electrons. The molecule has 0 aliphatic carbocycles. The van der Waals surface area contributed by atoms with Gasteiger partial charge >= 0.3 is 5.97 Å². The molecule has 0 fully saturated rings. The van der Waals surface area contributed by atoms with Gasteiger partial charge in [-0.25, -0.2) is 4.79 Å². The van der Waals surface area contributed by atoms with Gasteiger partial charge in [0.2, 0.25) is 0 Å². The lowest BCUT2D eigenvalue weighted by Crippen LogP contribution is -2.09. The Kier molecular flexibility index (Phi) is 6.35. The lowest BCUT2D eigenvalue weighted by Gasteiger charge is -2.10. The molecule has 29 heavy (non-hydrogen) atoms. The van der Waals surface area contributed by atoms with Crippen molar-refractivity contribution in [1.82, 2.24) is 0 Å². The number of nitrogens with zero attached hydrogens (tertiary/aromatic N) is 1. The van der Waals surface area contributed by atoms with E-state index in [1.165, 1.54) is 12.7 Å². The third-order valence-electron chi connectivity index (χ3n) is 4.45. The average Bonchev–Trinajstić information content (AvgIpc) is 2.68. The maximum atomic E-state index is 12.3. The molecule has 3 aromatic rings. The third kappa shape index (κ3) is 5.04. The fourth-order valence-electron chi connectivity index (χ4n) is 3.11. The van der Waals surface area contributed by atoms with E-state index in [1.54, 1.807) is 42.6 Å². The summed E-state index contributed by atoms with van der Waals surface area (Å²) in [4.78, 5) is 17.0. The van der Waals surface area contributed by atoms with Crippen LogP contribution in [0.15, 0.2) is 59.6 Å². The van der Waals surface area contributed by atoms with Crippen LogP contribution in [0.1, 0.15) is 32.6 Å². The number of hydrogen-bond donors (Lipinski definition) is 0. The van der Waals surface area contributed by atoms with Crippen molar-refractivity contribution in [3.05, 3.63) is 87.4 Å². The summed E-state index contributed by atoms with van der Waals surface area (Å²) in [5, 5.41) is 0.557. The van der Waals surface area contributed by atoms with E-state index in [2.05, 4.69) is 24.0 Å². The average molecular weight is 408 g/mol. The van der Waals surface area contributed by atoms with Gasteiger partial charge < -0.3 is 9.47 Å². The zero-order valence-corrected chi connectivity index (χ0v) is 17.6. The second-order valence-corrected chi connectivity index (χ2v) is 7.25. The molecule has 0 aliphatic heterocycles. The topological polar surface area (TPSA) is 47.9 Å². The van der Waals surface area contributed by atoms with E-state index in [1.807, 2.05) is 19.9 Å². The number of benzene rings is 3. The fraction of sp³-hybridized carbons (Fsp3) is 0.167. The summed E-state index contributed by atoms with van der Waals surface area (Å²) in [6.07, 6.45) is 1.78. The van der Waals surface area contributed by atoms with Crippen LogP contribution in [0.4, 0.5) is 5.69 Å². The van der Waals surface area contributed by atoms with E-state index >= 15 is 0 Å². The van der Waals surface area contributed by atoms with Crippen LogP contribution >= 0.6 is 11.6 Å². The Morgan fingerprint density at radius 1 is 0.931 bits per heavy atom. The molecule has 0 saturated heterocycles. The monoisotopic (exact) mass is 407 g/mol. The first-order chi connectivity index (χ1) is 13.9. The highest BCUT2D eigenvalue weighted by molar-refractivity contribution is 6.30. The van der Waals surface area contributed by atoms with E-state index in [-0.39, 0.29) is 0 Å². The van der Waals surface area contributed by atoms with Gasteiger partial charge in [0.15, 0.2) is 11.5 Å². The summed E-state index contributed by atoms with van der Waals surface area (Å²) < 4.78 is 10.9. The fourth-order valence-corrected chi connectivity index (χ4v) is 3.23. The Balaban J connectivity index is 1.82. The molecule has 0 atom stereocenters. The minimum absolute atomic E-state index is 0.340. The van der Waals surface area contributed by atoms with Crippen molar-refractivity contribution < 1.29 is 14.3 Å². The van der Waals surface area contributed by atoms with Gasteiger partial charge in [0, 0.05) is 11.2 Å². The van der Waals surface area contributed by atoms with Gasteiger partial charge in [0.05, 0.1) is 18.4 Å². The molecule has 0 heterocycles. The van der Waals surface area contributed by atoms with Crippen LogP contribution in [0.2, 0.25) is 5.02 Å². The number of aliphatic imine (C=N–C) groups is 1. The number of methoxy groups -OCH3 is 1. The zero-order chi connectivity index (χ0) is 21.0. The summed E-state index contributed by atoms with van der Waals surface area (Å²) >= 11 is 5.86. The van der Waals surface area contributed by atoms with Crippen molar-refractivity contribution in [2.75, 3.05) is 7.11 Å². The predicted molar refractivity (Wildman–Crippen MR) is 117 cm³/mol. The van der Waals surface area contributed by atoms with Gasteiger partial charge in [0.1, 0.15) is 0 Å². The van der Waals surface area contributed by atoms with Crippen LogP contribution in [0.5, 0.6) is 11.5 Å². The Hall–Kier alpha value is -3.11. The van der Waals surface area contributed by atoms with Gasteiger partial charge in [-0.3, -0.25) is 4.99 Å². The Bertz CT molecular complexity index is 1050. The quantitative estimate of drug-likeness (QED) is 0.285. The minimum Gasteiger partial charge on any atom is -0.493 e. The number of hydrogen-bond acceptors (Lipinski definition) is 4. The van der Waals surface area contributed by atoms with Gasteiger partial charge in [-0.1, -0.05) is 29.3 Å². The van der Waals surface area contributed by atoms with Crippen molar-refractivity contribution in [1.29, 1.82) is 0 Å². The molecule has 5 heteroatoms. The highest BCUT2D eigenvalue weighted by atomic mass is 35.5. The minimum atomic E-state index is -0.479. The summed E-state index contributed by atoms with van der Waals surface area (Å²) in [5.41, 5.74) is 5.67. The number of rotatable bonds is 5. The molecule has 0 saturated carbocycles. The molecule has 0 bridgehead atoms. The van der Waals surface area contributed by atoms with Crippen LogP contribution in [-0.4, -0.2) is 19.3 Å². The number of carbonyl (C=O) groups is 1. The highest BCUT2D eigenvalue weighted by Gasteiger charge is 2.13. The standard InChI is InChI=1S/C24H22ClNO3/c1-15-11-16(2)23(17(3)12-15)26-14-18-5-10-21(22(13-18)28-4)29-24(27)19-6-8-20(25)9-7-19/h5-14H,1-4H3. The number of aryl methyl sites for hydroxylation is 3. The summed E-state index contributed by atoms with van der Waals surface area (Å²) in [6, 6.07) is 16.0. The third-order valence-corrected chi connectivity index (χ3v) is 4.70. The van der Waals surface area contributed by atoms with E-state index in [0.29, 0.717) is 22.1 Å². The zero-order valence-electron chi connectivity index (χ0n) is 16.8. The van der Waals surface area contributed by atoms with Crippen LogP contribution in [0.3, 0.4) is 0 Å². The molecular weight excluding hydrogens is 386 g/mol. The van der Waals surface area contributed by atoms with Crippen LogP contribution in [-0.2, 0) is 0 Å². The maximum Gasteiger partial charge on any atom is 0.343 e. The molecule has 4 nitrogen and oxygen atoms in total. The molecular formula is C24H22ClNO3. The normalized spacial score (nSPS) is 10.9. The number of ether oxygens (including phenoxy) is 2. The van der Waals surface area contributed by atoms with Gasteiger partial charge in [-0.2, -0.15) is 0 Å². The van der Waals surface area contributed by atoms with Crippen molar-refractivity contribution in [3.8, 4) is 11.5 Å². The molecule has 0 amide bonds. The lowest BCUT2D eigenvalue weighted by molar-refractivity contribution is 0.0729. The summed E-state index contributed by atoms with van der Waals surface area (Å²) in [5.74, 6) is 0.313. The van der Waals surface area contributed by atoms with E-state index in [9.17, 15) is 4.79 Å².